The summed E-state index contributed by atoms with van der Waals surface area (Å²) in [5.74, 6) is -1.56. The summed E-state index contributed by atoms with van der Waals surface area (Å²) < 4.78 is 10.3. The average Bonchev–Trinajstić information content (AvgIpc) is 3.38. The maximum absolute atomic E-state index is 12.5. The van der Waals surface area contributed by atoms with Crippen LogP contribution >= 0.6 is 22.9 Å². The molecule has 158 valence electrons. The summed E-state index contributed by atoms with van der Waals surface area (Å²) in [4.78, 5) is 37.2. The lowest BCUT2D eigenvalue weighted by Gasteiger charge is -2.13. The van der Waals surface area contributed by atoms with E-state index in [0.29, 0.717) is 16.3 Å². The molecule has 1 unspecified atom stereocenters. The number of furan rings is 1. The van der Waals surface area contributed by atoms with Gasteiger partial charge in [0.2, 0.25) is 0 Å². The van der Waals surface area contributed by atoms with Crippen LogP contribution in [0.1, 0.15) is 38.3 Å². The normalized spacial score (nSPS) is 11.3. The van der Waals surface area contributed by atoms with Crippen LogP contribution in [0.2, 0.25) is 5.02 Å². The lowest BCUT2D eigenvalue weighted by molar-refractivity contribution is -0.123. The summed E-state index contributed by atoms with van der Waals surface area (Å²) >= 11 is 6.98. The zero-order valence-corrected chi connectivity index (χ0v) is 18.0. The molecule has 3 aromatic rings. The molecule has 0 spiro atoms. The van der Waals surface area contributed by atoms with Crippen LogP contribution in [0.15, 0.2) is 47.1 Å². The topological polar surface area (TPSA) is 121 Å². The van der Waals surface area contributed by atoms with Gasteiger partial charge in [-0.2, -0.15) is 5.26 Å². The molecule has 0 fully saturated rings. The molecule has 2 amide bonds. The first-order valence-electron chi connectivity index (χ1n) is 8.95. The Kier molecular flexibility index (Phi) is 6.74. The first-order valence-corrected chi connectivity index (χ1v) is 10.1. The number of nitrogens with zero attached hydrogens (tertiary/aromatic N) is 1. The van der Waals surface area contributed by atoms with Crippen molar-refractivity contribution < 1.29 is 23.5 Å². The maximum atomic E-state index is 12.5. The molecular formula is C21H16ClN3O5S. The van der Waals surface area contributed by atoms with E-state index in [1.165, 1.54) is 37.5 Å². The van der Waals surface area contributed by atoms with E-state index in [9.17, 15) is 14.4 Å². The van der Waals surface area contributed by atoms with Crippen molar-refractivity contribution in [2.45, 2.75) is 20.0 Å². The number of aryl methyl sites for hydroxylation is 1. The average molecular weight is 458 g/mol. The van der Waals surface area contributed by atoms with Gasteiger partial charge in [-0.15, -0.1) is 11.3 Å². The van der Waals surface area contributed by atoms with E-state index in [1.807, 2.05) is 6.07 Å². The summed E-state index contributed by atoms with van der Waals surface area (Å²) in [5.41, 5.74) is 1.24. The van der Waals surface area contributed by atoms with Crippen molar-refractivity contribution >= 4 is 51.4 Å². The van der Waals surface area contributed by atoms with Gasteiger partial charge in [-0.25, -0.2) is 4.79 Å². The number of nitrogens with one attached hydrogen (secondary N) is 2. The fourth-order valence-corrected chi connectivity index (χ4v) is 3.70. The number of thiophene rings is 1. The molecule has 8 nitrogen and oxygen atoms in total. The van der Waals surface area contributed by atoms with Crippen LogP contribution in [0.4, 0.5) is 10.7 Å². The molecule has 0 saturated heterocycles. The second-order valence-corrected chi connectivity index (χ2v) is 7.86. The minimum absolute atomic E-state index is 0.142. The van der Waals surface area contributed by atoms with Gasteiger partial charge in [0.05, 0.1) is 21.9 Å². The zero-order valence-electron chi connectivity index (χ0n) is 16.4. The van der Waals surface area contributed by atoms with E-state index in [1.54, 1.807) is 19.1 Å². The predicted molar refractivity (Wildman–Crippen MR) is 115 cm³/mol. The highest BCUT2D eigenvalue weighted by atomic mass is 35.5. The Hall–Kier alpha value is -3.61. The van der Waals surface area contributed by atoms with Crippen molar-refractivity contribution in [2.75, 3.05) is 10.6 Å². The number of halogens is 1. The molecule has 0 bridgehead atoms. The second kappa shape index (κ2) is 9.47. The van der Waals surface area contributed by atoms with E-state index < -0.39 is 23.9 Å². The number of carbonyl (C=O) groups excluding carboxylic acids is 3. The third-order valence-electron chi connectivity index (χ3n) is 4.09. The van der Waals surface area contributed by atoms with Crippen LogP contribution in [0, 0.1) is 18.3 Å². The van der Waals surface area contributed by atoms with Crippen LogP contribution < -0.4 is 10.6 Å². The maximum Gasteiger partial charge on any atom is 0.349 e. The lowest BCUT2D eigenvalue weighted by Crippen LogP contribution is -2.29. The number of benzene rings is 1. The number of hydrogen-bond donors (Lipinski definition) is 2. The molecule has 2 aromatic heterocycles. The molecule has 1 aromatic carbocycles. The Morgan fingerprint density at radius 1 is 1.23 bits per heavy atom. The Morgan fingerprint density at radius 3 is 2.65 bits per heavy atom. The third-order valence-corrected chi connectivity index (χ3v) is 5.54. The van der Waals surface area contributed by atoms with Gasteiger partial charge >= 0.3 is 5.97 Å². The molecule has 0 radical (unpaired) electrons. The largest absolute Gasteiger partial charge is 0.459 e. The smallest absolute Gasteiger partial charge is 0.349 e. The van der Waals surface area contributed by atoms with E-state index in [4.69, 9.17) is 26.0 Å². The molecule has 3 rings (SSSR count). The number of rotatable bonds is 6. The van der Waals surface area contributed by atoms with Crippen molar-refractivity contribution in [3.63, 3.8) is 0 Å². The molecule has 31 heavy (non-hydrogen) atoms. The van der Waals surface area contributed by atoms with Crippen LogP contribution in [-0.2, 0) is 9.53 Å². The lowest BCUT2D eigenvalue weighted by atomic mass is 10.2. The molecule has 0 aliphatic heterocycles. The summed E-state index contributed by atoms with van der Waals surface area (Å²) in [6, 6.07) is 11.1. The molecule has 10 heteroatoms. The van der Waals surface area contributed by atoms with E-state index in [2.05, 4.69) is 10.6 Å². The molecule has 2 N–H and O–H groups in total. The standard InChI is InChI=1S/C21H16ClN3O5S/c1-11-8-17(25-20(27)16-4-3-7-29-16)31-18(11)21(28)30-12(2)19(26)24-14-6-5-13(10-23)15(22)9-14/h3-9,12H,1-2H3,(H,24,26)(H,25,27). The number of nitriles is 1. The van der Waals surface area contributed by atoms with Gasteiger partial charge in [-0.3, -0.25) is 9.59 Å². The zero-order chi connectivity index (χ0) is 22.5. The minimum atomic E-state index is -1.09. The van der Waals surface area contributed by atoms with Gasteiger partial charge in [0.25, 0.3) is 11.8 Å². The summed E-state index contributed by atoms with van der Waals surface area (Å²) in [7, 11) is 0. The number of amides is 2. The van der Waals surface area contributed by atoms with Crippen molar-refractivity contribution in [1.82, 2.24) is 0 Å². The van der Waals surface area contributed by atoms with Gasteiger partial charge in [-0.1, -0.05) is 11.6 Å². The second-order valence-electron chi connectivity index (χ2n) is 6.40. The van der Waals surface area contributed by atoms with Crippen molar-refractivity contribution in [1.29, 1.82) is 5.26 Å². The Labute approximate surface area is 186 Å². The number of ether oxygens (including phenoxy) is 1. The van der Waals surface area contributed by atoms with Crippen LogP contribution in [0.25, 0.3) is 0 Å². The first kappa shape index (κ1) is 22.1. The fourth-order valence-electron chi connectivity index (χ4n) is 2.52. The Morgan fingerprint density at radius 2 is 2.00 bits per heavy atom. The van der Waals surface area contributed by atoms with Gasteiger partial charge in [0, 0.05) is 5.69 Å². The molecule has 0 aliphatic carbocycles. The quantitative estimate of drug-likeness (QED) is 0.521. The SMILES string of the molecule is Cc1cc(NC(=O)c2ccco2)sc1C(=O)OC(C)C(=O)Nc1ccc(C#N)c(Cl)c1. The van der Waals surface area contributed by atoms with E-state index in [-0.39, 0.29) is 21.2 Å². The molecular weight excluding hydrogens is 442 g/mol. The first-order chi connectivity index (χ1) is 14.8. The third kappa shape index (κ3) is 5.31. The number of anilines is 2. The molecule has 2 heterocycles. The fraction of sp³-hybridized carbons (Fsp3) is 0.143. The van der Waals surface area contributed by atoms with Crippen LogP contribution in [-0.4, -0.2) is 23.9 Å². The number of hydrogen-bond acceptors (Lipinski definition) is 7. The predicted octanol–water partition coefficient (Wildman–Crippen LogP) is 4.61. The summed E-state index contributed by atoms with van der Waals surface area (Å²) in [6.07, 6.45) is 0.292. The van der Waals surface area contributed by atoms with E-state index >= 15 is 0 Å². The Bertz CT molecular complexity index is 1180. The summed E-state index contributed by atoms with van der Waals surface area (Å²) in [5, 5.41) is 14.8. The molecule has 0 saturated carbocycles. The van der Waals surface area contributed by atoms with Gasteiger partial charge < -0.3 is 19.8 Å². The minimum Gasteiger partial charge on any atom is -0.459 e. The molecule has 1 atom stereocenters. The van der Waals surface area contributed by atoms with Gasteiger partial charge in [0.15, 0.2) is 11.9 Å². The van der Waals surface area contributed by atoms with Gasteiger partial charge in [-0.05, 0) is 55.8 Å². The highest BCUT2D eigenvalue weighted by molar-refractivity contribution is 7.18. The number of esters is 1. The van der Waals surface area contributed by atoms with Crippen LogP contribution in [0.3, 0.4) is 0 Å². The van der Waals surface area contributed by atoms with E-state index in [0.717, 1.165) is 11.3 Å². The van der Waals surface area contributed by atoms with Crippen LogP contribution in [0.5, 0.6) is 0 Å². The highest BCUT2D eigenvalue weighted by Crippen LogP contribution is 2.28. The number of carbonyl (C=O) groups is 3. The molecule has 0 aliphatic rings. The van der Waals surface area contributed by atoms with Crippen molar-refractivity contribution in [2.24, 2.45) is 0 Å². The van der Waals surface area contributed by atoms with Gasteiger partial charge in [0.1, 0.15) is 10.9 Å². The monoisotopic (exact) mass is 457 g/mol. The van der Waals surface area contributed by atoms with Crippen molar-refractivity contribution in [3.8, 4) is 6.07 Å². The highest BCUT2D eigenvalue weighted by Gasteiger charge is 2.23. The Balaban J connectivity index is 1.62. The summed E-state index contributed by atoms with van der Waals surface area (Å²) in [6.45, 7) is 3.13. The van der Waals surface area contributed by atoms with Crippen molar-refractivity contribution in [3.05, 3.63) is 69.4 Å².